The number of benzene rings is 1. The van der Waals surface area contributed by atoms with Crippen molar-refractivity contribution in [2.75, 3.05) is 39.3 Å². The Labute approximate surface area is 147 Å². The van der Waals surface area contributed by atoms with Crippen LogP contribution in [0.2, 0.25) is 0 Å². The number of aryl methyl sites for hydroxylation is 1. The largest absolute Gasteiger partial charge is 0.491 e. The monoisotopic (exact) mass is 339 g/mol. The van der Waals surface area contributed by atoms with Gasteiger partial charge in [-0.1, -0.05) is 12.1 Å². The Morgan fingerprint density at radius 3 is 2.68 bits per heavy atom. The molecule has 0 spiro atoms. The second-order valence-corrected chi connectivity index (χ2v) is 5.98. The van der Waals surface area contributed by atoms with Crippen molar-refractivity contribution < 1.29 is 13.9 Å². The standard InChI is InChI=1S/C19H21N3O3/c1-15-17(6-12-24-15)19(23)22-9-7-21(8-10-22)11-13-25-18-5-3-2-4-16(18)14-20/h2-6,12H,7-11,13H2,1H3. The summed E-state index contributed by atoms with van der Waals surface area (Å²) in [6.45, 7) is 6.11. The van der Waals surface area contributed by atoms with Crippen LogP contribution < -0.4 is 4.74 Å². The molecule has 25 heavy (non-hydrogen) atoms. The van der Waals surface area contributed by atoms with Crippen LogP contribution in [0.4, 0.5) is 0 Å². The highest BCUT2D eigenvalue weighted by Gasteiger charge is 2.24. The van der Waals surface area contributed by atoms with E-state index in [0.717, 1.165) is 19.6 Å². The first-order valence-electron chi connectivity index (χ1n) is 8.36. The molecule has 6 heteroatoms. The maximum Gasteiger partial charge on any atom is 0.257 e. The molecule has 0 radical (unpaired) electrons. The SMILES string of the molecule is Cc1occc1C(=O)N1CCN(CCOc2ccccc2C#N)CC1. The first kappa shape index (κ1) is 17.1. The molecular formula is C19H21N3O3. The number of hydrogen-bond acceptors (Lipinski definition) is 5. The fraction of sp³-hybridized carbons (Fsp3) is 0.368. The van der Waals surface area contributed by atoms with E-state index >= 15 is 0 Å². The summed E-state index contributed by atoms with van der Waals surface area (Å²) >= 11 is 0. The minimum atomic E-state index is 0.0325. The lowest BCUT2D eigenvalue weighted by atomic mass is 10.2. The Balaban J connectivity index is 1.45. The van der Waals surface area contributed by atoms with Crippen molar-refractivity contribution in [3.8, 4) is 11.8 Å². The number of piperazine rings is 1. The Bertz CT molecular complexity index is 770. The number of furan rings is 1. The maximum absolute atomic E-state index is 12.5. The molecule has 0 saturated carbocycles. The highest BCUT2D eigenvalue weighted by atomic mass is 16.5. The lowest BCUT2D eigenvalue weighted by molar-refractivity contribution is 0.0618. The number of rotatable bonds is 5. The molecule has 0 unspecified atom stereocenters. The summed E-state index contributed by atoms with van der Waals surface area (Å²) in [4.78, 5) is 16.6. The smallest absolute Gasteiger partial charge is 0.257 e. The summed E-state index contributed by atoms with van der Waals surface area (Å²) in [6, 6.07) is 11.1. The molecule has 1 aliphatic heterocycles. The Hall–Kier alpha value is -2.78. The van der Waals surface area contributed by atoms with Crippen LogP contribution in [0.15, 0.2) is 41.0 Å². The van der Waals surface area contributed by atoms with E-state index in [1.165, 1.54) is 0 Å². The third-order valence-corrected chi connectivity index (χ3v) is 4.42. The molecule has 3 rings (SSSR count). The number of nitriles is 1. The molecule has 0 atom stereocenters. The van der Waals surface area contributed by atoms with Gasteiger partial charge in [0.1, 0.15) is 24.2 Å². The second kappa shape index (κ2) is 7.86. The second-order valence-electron chi connectivity index (χ2n) is 5.98. The molecular weight excluding hydrogens is 318 g/mol. The first-order chi connectivity index (χ1) is 12.2. The average Bonchev–Trinajstić information content (AvgIpc) is 3.08. The summed E-state index contributed by atoms with van der Waals surface area (Å²) in [5.41, 5.74) is 1.19. The van der Waals surface area contributed by atoms with Crippen molar-refractivity contribution in [1.82, 2.24) is 9.80 Å². The van der Waals surface area contributed by atoms with Gasteiger partial charge in [0, 0.05) is 32.7 Å². The van der Waals surface area contributed by atoms with Crippen molar-refractivity contribution in [3.05, 3.63) is 53.5 Å². The third kappa shape index (κ3) is 4.01. The van der Waals surface area contributed by atoms with Crippen LogP contribution in [-0.2, 0) is 0 Å². The van der Waals surface area contributed by atoms with Gasteiger partial charge in [-0.25, -0.2) is 0 Å². The zero-order valence-corrected chi connectivity index (χ0v) is 14.3. The van der Waals surface area contributed by atoms with E-state index in [9.17, 15) is 4.79 Å². The maximum atomic E-state index is 12.5. The first-order valence-corrected chi connectivity index (χ1v) is 8.36. The summed E-state index contributed by atoms with van der Waals surface area (Å²) in [7, 11) is 0. The van der Waals surface area contributed by atoms with Gasteiger partial charge in [0.15, 0.2) is 0 Å². The Kier molecular flexibility index (Phi) is 5.36. The molecule has 130 valence electrons. The van der Waals surface area contributed by atoms with Gasteiger partial charge in [0.05, 0.1) is 17.4 Å². The van der Waals surface area contributed by atoms with Gasteiger partial charge in [-0.05, 0) is 25.1 Å². The average molecular weight is 339 g/mol. The zero-order chi connectivity index (χ0) is 17.6. The third-order valence-electron chi connectivity index (χ3n) is 4.42. The summed E-state index contributed by atoms with van der Waals surface area (Å²) in [5, 5.41) is 9.06. The van der Waals surface area contributed by atoms with Gasteiger partial charge < -0.3 is 14.1 Å². The molecule has 6 nitrogen and oxygen atoms in total. The van der Waals surface area contributed by atoms with Gasteiger partial charge in [-0.2, -0.15) is 5.26 Å². The highest BCUT2D eigenvalue weighted by Crippen LogP contribution is 2.17. The quantitative estimate of drug-likeness (QED) is 0.836. The molecule has 2 aromatic rings. The minimum Gasteiger partial charge on any atom is -0.491 e. The number of carbonyl (C=O) groups is 1. The molecule has 0 bridgehead atoms. The molecule has 0 aliphatic carbocycles. The van der Waals surface area contributed by atoms with Crippen LogP contribution in [0, 0.1) is 18.3 Å². The molecule has 2 heterocycles. The number of carbonyl (C=O) groups excluding carboxylic acids is 1. The van der Waals surface area contributed by atoms with Crippen molar-refractivity contribution in [3.63, 3.8) is 0 Å². The van der Waals surface area contributed by atoms with Gasteiger partial charge in [0.2, 0.25) is 0 Å². The molecule has 1 fully saturated rings. The van der Waals surface area contributed by atoms with Gasteiger partial charge >= 0.3 is 0 Å². The Morgan fingerprint density at radius 1 is 1.24 bits per heavy atom. The van der Waals surface area contributed by atoms with E-state index in [0.29, 0.717) is 42.3 Å². The lowest BCUT2D eigenvalue weighted by Crippen LogP contribution is -2.49. The predicted molar refractivity (Wildman–Crippen MR) is 92.4 cm³/mol. The van der Waals surface area contributed by atoms with Crippen LogP contribution in [-0.4, -0.2) is 55.0 Å². The molecule has 1 saturated heterocycles. The molecule has 1 aromatic carbocycles. The Morgan fingerprint density at radius 2 is 2.00 bits per heavy atom. The topological polar surface area (TPSA) is 69.7 Å². The number of nitrogens with zero attached hydrogens (tertiary/aromatic N) is 3. The summed E-state index contributed by atoms with van der Waals surface area (Å²) in [5.74, 6) is 1.32. The molecule has 0 N–H and O–H groups in total. The minimum absolute atomic E-state index is 0.0325. The lowest BCUT2D eigenvalue weighted by Gasteiger charge is -2.34. The van der Waals surface area contributed by atoms with Crippen molar-refractivity contribution in [2.24, 2.45) is 0 Å². The molecule has 1 aliphatic rings. The van der Waals surface area contributed by atoms with Crippen molar-refractivity contribution >= 4 is 5.91 Å². The number of amides is 1. The van der Waals surface area contributed by atoms with E-state index in [1.807, 2.05) is 23.1 Å². The normalized spacial score (nSPS) is 15.0. The van der Waals surface area contributed by atoms with E-state index in [-0.39, 0.29) is 5.91 Å². The number of para-hydroxylation sites is 1. The zero-order valence-electron chi connectivity index (χ0n) is 14.3. The van der Waals surface area contributed by atoms with Gasteiger partial charge in [-0.3, -0.25) is 9.69 Å². The molecule has 1 amide bonds. The van der Waals surface area contributed by atoms with Crippen LogP contribution in [0.25, 0.3) is 0 Å². The number of hydrogen-bond donors (Lipinski definition) is 0. The van der Waals surface area contributed by atoms with Gasteiger partial charge in [-0.15, -0.1) is 0 Å². The van der Waals surface area contributed by atoms with Crippen molar-refractivity contribution in [2.45, 2.75) is 6.92 Å². The van der Waals surface area contributed by atoms with Crippen LogP contribution in [0.1, 0.15) is 21.7 Å². The van der Waals surface area contributed by atoms with E-state index in [1.54, 1.807) is 25.3 Å². The van der Waals surface area contributed by atoms with Crippen LogP contribution >= 0.6 is 0 Å². The predicted octanol–water partition coefficient (Wildman–Crippen LogP) is 2.30. The van der Waals surface area contributed by atoms with E-state index < -0.39 is 0 Å². The molecule has 1 aromatic heterocycles. The van der Waals surface area contributed by atoms with E-state index in [4.69, 9.17) is 14.4 Å². The van der Waals surface area contributed by atoms with Gasteiger partial charge in [0.25, 0.3) is 5.91 Å². The summed E-state index contributed by atoms with van der Waals surface area (Å²) in [6.07, 6.45) is 1.55. The van der Waals surface area contributed by atoms with Crippen molar-refractivity contribution in [1.29, 1.82) is 5.26 Å². The highest BCUT2D eigenvalue weighted by molar-refractivity contribution is 5.95. The fourth-order valence-electron chi connectivity index (χ4n) is 2.92. The fourth-order valence-corrected chi connectivity index (χ4v) is 2.92. The summed E-state index contributed by atoms with van der Waals surface area (Å²) < 4.78 is 10.9. The van der Waals surface area contributed by atoms with E-state index in [2.05, 4.69) is 11.0 Å². The van der Waals surface area contributed by atoms with Crippen LogP contribution in [0.5, 0.6) is 5.75 Å². The number of ether oxygens (including phenoxy) is 1. The van der Waals surface area contributed by atoms with Crippen LogP contribution in [0.3, 0.4) is 0 Å².